The molecule has 0 radical (unpaired) electrons. The molecule has 1 heterocycles. The van der Waals surface area contributed by atoms with Crippen LogP contribution in [0.25, 0.3) is 11.1 Å². The van der Waals surface area contributed by atoms with Crippen molar-refractivity contribution in [2.45, 2.75) is 19.4 Å². The topological polar surface area (TPSA) is 35.5 Å². The highest BCUT2D eigenvalue weighted by atomic mass is 16.5. The molecule has 1 aliphatic heterocycles. The number of benzene rings is 2. The SMILES string of the molecule is COC(=O)c1cc(-c2ccccc2)cc2c1OC(C)C2. The number of esters is 1. The lowest BCUT2D eigenvalue weighted by molar-refractivity contribution is 0.0595. The summed E-state index contributed by atoms with van der Waals surface area (Å²) < 4.78 is 10.6. The van der Waals surface area contributed by atoms with Gasteiger partial charge in [-0.05, 0) is 35.7 Å². The van der Waals surface area contributed by atoms with Crippen molar-refractivity contribution in [2.24, 2.45) is 0 Å². The van der Waals surface area contributed by atoms with Crippen LogP contribution in [0.2, 0.25) is 0 Å². The van der Waals surface area contributed by atoms with Gasteiger partial charge in [0.05, 0.1) is 7.11 Å². The van der Waals surface area contributed by atoms with Crippen LogP contribution in [-0.2, 0) is 11.2 Å². The van der Waals surface area contributed by atoms with E-state index >= 15 is 0 Å². The number of fused-ring (bicyclic) bond motifs is 1. The molecule has 1 unspecified atom stereocenters. The maximum atomic E-state index is 12.0. The highest BCUT2D eigenvalue weighted by Gasteiger charge is 2.26. The molecule has 1 atom stereocenters. The van der Waals surface area contributed by atoms with E-state index in [4.69, 9.17) is 9.47 Å². The first kappa shape index (κ1) is 12.7. The Morgan fingerprint density at radius 1 is 1.20 bits per heavy atom. The number of methoxy groups -OCH3 is 1. The third kappa shape index (κ3) is 2.16. The number of rotatable bonds is 2. The van der Waals surface area contributed by atoms with Gasteiger partial charge in [-0.2, -0.15) is 0 Å². The van der Waals surface area contributed by atoms with E-state index in [9.17, 15) is 4.79 Å². The summed E-state index contributed by atoms with van der Waals surface area (Å²) in [6.07, 6.45) is 0.916. The van der Waals surface area contributed by atoms with Crippen LogP contribution in [-0.4, -0.2) is 19.2 Å². The predicted molar refractivity (Wildman–Crippen MR) is 77.0 cm³/mol. The van der Waals surface area contributed by atoms with Gasteiger partial charge in [-0.3, -0.25) is 0 Å². The predicted octanol–water partition coefficient (Wildman–Crippen LogP) is 3.46. The van der Waals surface area contributed by atoms with Crippen molar-refractivity contribution in [1.82, 2.24) is 0 Å². The summed E-state index contributed by atoms with van der Waals surface area (Å²) in [6, 6.07) is 13.9. The van der Waals surface area contributed by atoms with Crippen LogP contribution >= 0.6 is 0 Å². The molecule has 0 aliphatic carbocycles. The molecule has 0 N–H and O–H groups in total. The van der Waals surface area contributed by atoms with E-state index in [0.717, 1.165) is 23.1 Å². The second kappa shape index (κ2) is 5.00. The highest BCUT2D eigenvalue weighted by Crippen LogP contribution is 2.37. The van der Waals surface area contributed by atoms with Crippen molar-refractivity contribution >= 4 is 5.97 Å². The zero-order chi connectivity index (χ0) is 14.1. The van der Waals surface area contributed by atoms with Gasteiger partial charge in [0, 0.05) is 6.42 Å². The van der Waals surface area contributed by atoms with Gasteiger partial charge in [-0.15, -0.1) is 0 Å². The van der Waals surface area contributed by atoms with Crippen LogP contribution in [0.5, 0.6) is 5.75 Å². The molecule has 102 valence electrons. The largest absolute Gasteiger partial charge is 0.489 e. The van der Waals surface area contributed by atoms with Crippen LogP contribution in [0.3, 0.4) is 0 Å². The molecule has 0 saturated carbocycles. The Labute approximate surface area is 118 Å². The van der Waals surface area contributed by atoms with Gasteiger partial charge >= 0.3 is 5.97 Å². The summed E-state index contributed by atoms with van der Waals surface area (Å²) in [7, 11) is 1.39. The average Bonchev–Trinajstić information content (AvgIpc) is 2.86. The van der Waals surface area contributed by atoms with Crippen molar-refractivity contribution in [3.05, 3.63) is 53.6 Å². The van der Waals surface area contributed by atoms with E-state index in [2.05, 4.69) is 6.07 Å². The number of carbonyl (C=O) groups excluding carboxylic acids is 1. The lowest BCUT2D eigenvalue weighted by Crippen LogP contribution is -2.08. The first-order valence-corrected chi connectivity index (χ1v) is 6.66. The van der Waals surface area contributed by atoms with Crippen LogP contribution < -0.4 is 4.74 Å². The summed E-state index contributed by atoms with van der Waals surface area (Å²) in [5, 5.41) is 0. The Balaban J connectivity index is 2.15. The highest BCUT2D eigenvalue weighted by molar-refractivity contribution is 5.95. The molecule has 0 fully saturated rings. The van der Waals surface area contributed by atoms with Gasteiger partial charge < -0.3 is 9.47 Å². The van der Waals surface area contributed by atoms with Crippen molar-refractivity contribution in [3.63, 3.8) is 0 Å². The molecular formula is C17H16O3. The third-order valence-electron chi connectivity index (χ3n) is 3.50. The minimum atomic E-state index is -0.354. The Morgan fingerprint density at radius 3 is 2.65 bits per heavy atom. The van der Waals surface area contributed by atoms with E-state index in [-0.39, 0.29) is 12.1 Å². The van der Waals surface area contributed by atoms with Gasteiger partial charge in [0.15, 0.2) is 0 Å². The Bertz CT molecular complexity index is 647. The molecule has 0 aromatic heterocycles. The summed E-state index contributed by atoms with van der Waals surface area (Å²) in [4.78, 5) is 12.0. The monoisotopic (exact) mass is 268 g/mol. The number of hydrogen-bond donors (Lipinski definition) is 0. The van der Waals surface area contributed by atoms with Crippen molar-refractivity contribution < 1.29 is 14.3 Å². The normalized spacial score (nSPS) is 16.4. The maximum absolute atomic E-state index is 12.0. The fourth-order valence-corrected chi connectivity index (χ4v) is 2.59. The lowest BCUT2D eigenvalue weighted by atomic mass is 9.97. The van der Waals surface area contributed by atoms with Crippen molar-refractivity contribution in [2.75, 3.05) is 7.11 Å². The molecule has 2 aromatic carbocycles. The molecule has 0 bridgehead atoms. The molecule has 0 amide bonds. The second-order valence-electron chi connectivity index (χ2n) is 5.00. The van der Waals surface area contributed by atoms with Gasteiger partial charge in [0.1, 0.15) is 17.4 Å². The Morgan fingerprint density at radius 2 is 1.95 bits per heavy atom. The summed E-state index contributed by atoms with van der Waals surface area (Å²) in [6.45, 7) is 2.00. The van der Waals surface area contributed by atoms with E-state index in [1.165, 1.54) is 7.11 Å². The molecule has 3 rings (SSSR count). The molecule has 2 aromatic rings. The van der Waals surface area contributed by atoms with Gasteiger partial charge in [0.25, 0.3) is 0 Å². The van der Waals surface area contributed by atoms with Crippen molar-refractivity contribution in [1.29, 1.82) is 0 Å². The first-order valence-electron chi connectivity index (χ1n) is 6.66. The van der Waals surface area contributed by atoms with Crippen LogP contribution in [0.15, 0.2) is 42.5 Å². The van der Waals surface area contributed by atoms with Gasteiger partial charge in [-0.1, -0.05) is 30.3 Å². The van der Waals surface area contributed by atoms with Gasteiger partial charge in [-0.25, -0.2) is 4.79 Å². The fraction of sp³-hybridized carbons (Fsp3) is 0.235. The maximum Gasteiger partial charge on any atom is 0.341 e. The molecule has 3 nitrogen and oxygen atoms in total. The summed E-state index contributed by atoms with van der Waals surface area (Å²) in [5.41, 5.74) is 3.68. The molecule has 0 spiro atoms. The second-order valence-corrected chi connectivity index (χ2v) is 5.00. The zero-order valence-corrected chi connectivity index (χ0v) is 11.6. The Kier molecular flexibility index (Phi) is 3.18. The van der Waals surface area contributed by atoms with Crippen LogP contribution in [0.1, 0.15) is 22.8 Å². The van der Waals surface area contributed by atoms with Crippen LogP contribution in [0, 0.1) is 0 Å². The molecule has 1 aliphatic rings. The first-order chi connectivity index (χ1) is 9.69. The van der Waals surface area contributed by atoms with E-state index in [0.29, 0.717) is 11.3 Å². The van der Waals surface area contributed by atoms with Crippen molar-refractivity contribution in [3.8, 4) is 16.9 Å². The smallest absolute Gasteiger partial charge is 0.341 e. The summed E-state index contributed by atoms with van der Waals surface area (Å²) >= 11 is 0. The fourth-order valence-electron chi connectivity index (χ4n) is 2.59. The molecule has 20 heavy (non-hydrogen) atoms. The lowest BCUT2D eigenvalue weighted by Gasteiger charge is -2.10. The molecule has 0 saturated heterocycles. The number of ether oxygens (including phenoxy) is 2. The van der Waals surface area contributed by atoms with E-state index in [1.54, 1.807) is 0 Å². The van der Waals surface area contributed by atoms with Gasteiger partial charge in [0.2, 0.25) is 0 Å². The molecule has 3 heteroatoms. The van der Waals surface area contributed by atoms with E-state index < -0.39 is 0 Å². The van der Waals surface area contributed by atoms with Crippen LogP contribution in [0.4, 0.5) is 0 Å². The quantitative estimate of drug-likeness (QED) is 0.782. The average molecular weight is 268 g/mol. The number of hydrogen-bond acceptors (Lipinski definition) is 3. The summed E-state index contributed by atoms with van der Waals surface area (Å²) in [5.74, 6) is 0.317. The third-order valence-corrected chi connectivity index (χ3v) is 3.50. The minimum absolute atomic E-state index is 0.0967. The number of carbonyl (C=O) groups is 1. The minimum Gasteiger partial charge on any atom is -0.489 e. The Hall–Kier alpha value is -2.29. The zero-order valence-electron chi connectivity index (χ0n) is 11.6. The standard InChI is InChI=1S/C17H16O3/c1-11-8-14-9-13(12-6-4-3-5-7-12)10-15(16(14)20-11)17(18)19-2/h3-7,9-11H,8H2,1-2H3. The van der Waals surface area contributed by atoms with E-state index in [1.807, 2.05) is 43.3 Å². The molecular weight excluding hydrogens is 252 g/mol.